The number of amides is 2. The number of piperidine rings is 1. The second-order valence-corrected chi connectivity index (χ2v) is 7.66. The number of hydrogen-bond donors (Lipinski definition) is 2. The Balaban J connectivity index is 1.67. The molecule has 2 N–H and O–H groups in total. The van der Waals surface area contributed by atoms with Crippen LogP contribution in [0.25, 0.3) is 0 Å². The summed E-state index contributed by atoms with van der Waals surface area (Å²) in [5.74, 6) is 0.390. The molecule has 6 heteroatoms. The van der Waals surface area contributed by atoms with Crippen molar-refractivity contribution in [3.05, 3.63) is 34.3 Å². The fraction of sp³-hybridized carbons (Fsp3) is 0.556. The molecule has 3 atom stereocenters. The first kappa shape index (κ1) is 17.4. The summed E-state index contributed by atoms with van der Waals surface area (Å²) >= 11 is 3.38. The third-order valence-corrected chi connectivity index (χ3v) is 5.59. The van der Waals surface area contributed by atoms with E-state index in [1.165, 1.54) is 0 Å². The first-order chi connectivity index (χ1) is 11.6. The van der Waals surface area contributed by atoms with E-state index in [1.54, 1.807) is 17.0 Å². The molecule has 0 aromatic heterocycles. The molecule has 2 amide bonds. The second-order valence-electron chi connectivity index (χ2n) is 6.75. The number of nitrogens with one attached hydrogen (secondary N) is 2. The molecule has 3 rings (SSSR count). The predicted molar refractivity (Wildman–Crippen MR) is 96.8 cm³/mol. The number of hydrogen-bond acceptors (Lipinski definition) is 3. The quantitative estimate of drug-likeness (QED) is 0.826. The summed E-state index contributed by atoms with van der Waals surface area (Å²) in [5.41, 5.74) is 0.630. The summed E-state index contributed by atoms with van der Waals surface area (Å²) in [5, 5.41) is 6.48. The fourth-order valence-electron chi connectivity index (χ4n) is 3.50. The molecule has 0 spiro atoms. The number of benzene rings is 1. The lowest BCUT2D eigenvalue weighted by atomic mass is 9.94. The van der Waals surface area contributed by atoms with Gasteiger partial charge < -0.3 is 15.5 Å². The van der Waals surface area contributed by atoms with Crippen molar-refractivity contribution >= 4 is 27.7 Å². The van der Waals surface area contributed by atoms with Gasteiger partial charge in [0, 0.05) is 29.2 Å². The molecule has 2 aliphatic heterocycles. The predicted octanol–water partition coefficient (Wildman–Crippen LogP) is 2.17. The van der Waals surface area contributed by atoms with Gasteiger partial charge in [-0.3, -0.25) is 9.59 Å². The average Bonchev–Trinajstić information content (AvgIpc) is 3.07. The molecule has 3 unspecified atom stereocenters. The minimum atomic E-state index is -0.352. The zero-order valence-electron chi connectivity index (χ0n) is 13.9. The van der Waals surface area contributed by atoms with Crippen molar-refractivity contribution in [2.45, 2.75) is 38.3 Å². The molecule has 130 valence electrons. The highest BCUT2D eigenvalue weighted by atomic mass is 79.9. The Morgan fingerprint density at radius 1 is 1.25 bits per heavy atom. The average molecular weight is 394 g/mol. The van der Waals surface area contributed by atoms with Crippen molar-refractivity contribution in [1.29, 1.82) is 0 Å². The lowest BCUT2D eigenvalue weighted by molar-refractivity contribution is -0.126. The summed E-state index contributed by atoms with van der Waals surface area (Å²) < 4.78 is 0.938. The first-order valence-electron chi connectivity index (χ1n) is 8.64. The minimum Gasteiger partial charge on any atom is -0.350 e. The van der Waals surface area contributed by atoms with Crippen LogP contribution in [0, 0.1) is 5.92 Å². The van der Waals surface area contributed by atoms with E-state index in [0.717, 1.165) is 36.8 Å². The maximum atomic E-state index is 12.7. The summed E-state index contributed by atoms with van der Waals surface area (Å²) in [6, 6.07) is 7.10. The molecule has 5 nitrogen and oxygen atoms in total. The Bertz CT molecular complexity index is 605. The highest BCUT2D eigenvalue weighted by Crippen LogP contribution is 2.22. The van der Waals surface area contributed by atoms with E-state index in [9.17, 15) is 9.59 Å². The van der Waals surface area contributed by atoms with Gasteiger partial charge in [-0.15, -0.1) is 0 Å². The fourth-order valence-corrected chi connectivity index (χ4v) is 3.77. The van der Waals surface area contributed by atoms with Crippen LogP contribution in [0.2, 0.25) is 0 Å². The van der Waals surface area contributed by atoms with E-state index in [0.29, 0.717) is 18.0 Å². The molecular weight excluding hydrogens is 370 g/mol. The Morgan fingerprint density at radius 2 is 2.00 bits per heavy atom. The molecule has 0 saturated carbocycles. The SMILES string of the molecule is CC1CCNCC1NC(=O)C1CCCN1C(=O)c1ccc(Br)cc1. The Labute approximate surface area is 151 Å². The summed E-state index contributed by atoms with van der Waals surface area (Å²) in [6.45, 7) is 4.63. The van der Waals surface area contributed by atoms with Crippen molar-refractivity contribution in [3.8, 4) is 0 Å². The first-order valence-corrected chi connectivity index (χ1v) is 9.43. The van der Waals surface area contributed by atoms with Crippen molar-refractivity contribution in [3.63, 3.8) is 0 Å². The van der Waals surface area contributed by atoms with E-state index in [1.807, 2.05) is 12.1 Å². The highest BCUT2D eigenvalue weighted by molar-refractivity contribution is 9.10. The molecule has 24 heavy (non-hydrogen) atoms. The van der Waals surface area contributed by atoms with Gasteiger partial charge in [0.15, 0.2) is 0 Å². The van der Waals surface area contributed by atoms with Crippen LogP contribution in [-0.4, -0.2) is 48.4 Å². The van der Waals surface area contributed by atoms with Crippen LogP contribution >= 0.6 is 15.9 Å². The van der Waals surface area contributed by atoms with Crippen LogP contribution in [0.1, 0.15) is 36.5 Å². The molecule has 1 aromatic rings. The maximum absolute atomic E-state index is 12.7. The van der Waals surface area contributed by atoms with E-state index < -0.39 is 0 Å². The number of likely N-dealkylation sites (tertiary alicyclic amines) is 1. The largest absolute Gasteiger partial charge is 0.350 e. The molecule has 1 aromatic carbocycles. The topological polar surface area (TPSA) is 61.4 Å². The molecular formula is C18H24BrN3O2. The van der Waals surface area contributed by atoms with Gasteiger partial charge in [0.2, 0.25) is 5.91 Å². The third kappa shape index (κ3) is 3.81. The Kier molecular flexibility index (Phi) is 5.56. The van der Waals surface area contributed by atoms with Gasteiger partial charge in [-0.05, 0) is 56.0 Å². The molecule has 0 bridgehead atoms. The van der Waals surface area contributed by atoms with Crippen molar-refractivity contribution in [1.82, 2.24) is 15.5 Å². The van der Waals surface area contributed by atoms with Crippen LogP contribution in [0.3, 0.4) is 0 Å². The molecule has 2 aliphatic rings. The third-order valence-electron chi connectivity index (χ3n) is 5.06. The van der Waals surface area contributed by atoms with Crippen LogP contribution in [0.15, 0.2) is 28.7 Å². The van der Waals surface area contributed by atoms with Crippen molar-refractivity contribution in [2.24, 2.45) is 5.92 Å². The Morgan fingerprint density at radius 3 is 2.71 bits per heavy atom. The van der Waals surface area contributed by atoms with Gasteiger partial charge in [0.05, 0.1) is 0 Å². The lowest BCUT2D eigenvalue weighted by Crippen LogP contribution is -2.55. The second kappa shape index (κ2) is 7.66. The minimum absolute atomic E-state index is 0.0153. The lowest BCUT2D eigenvalue weighted by Gasteiger charge is -2.32. The zero-order valence-corrected chi connectivity index (χ0v) is 15.5. The molecule has 2 heterocycles. The van der Waals surface area contributed by atoms with E-state index in [2.05, 4.69) is 33.5 Å². The van der Waals surface area contributed by atoms with Crippen LogP contribution in [0.5, 0.6) is 0 Å². The summed E-state index contributed by atoms with van der Waals surface area (Å²) in [4.78, 5) is 27.2. The van der Waals surface area contributed by atoms with Crippen LogP contribution in [0.4, 0.5) is 0 Å². The number of nitrogens with zero attached hydrogens (tertiary/aromatic N) is 1. The number of carbonyl (C=O) groups is 2. The van der Waals surface area contributed by atoms with Gasteiger partial charge in [0.25, 0.3) is 5.91 Å². The molecule has 2 fully saturated rings. The van der Waals surface area contributed by atoms with E-state index in [-0.39, 0.29) is 23.9 Å². The normalized spacial score (nSPS) is 27.1. The standard InChI is InChI=1S/C18H24BrN3O2/c1-12-8-9-20-11-15(12)21-17(23)16-3-2-10-22(16)18(24)13-4-6-14(19)7-5-13/h4-7,12,15-16,20H,2-3,8-11H2,1H3,(H,21,23). The zero-order chi connectivity index (χ0) is 17.1. The highest BCUT2D eigenvalue weighted by Gasteiger charge is 2.36. The monoisotopic (exact) mass is 393 g/mol. The van der Waals surface area contributed by atoms with Gasteiger partial charge in [-0.25, -0.2) is 0 Å². The van der Waals surface area contributed by atoms with Crippen LogP contribution < -0.4 is 10.6 Å². The van der Waals surface area contributed by atoms with Crippen molar-refractivity contribution < 1.29 is 9.59 Å². The molecule has 0 radical (unpaired) electrons. The van der Waals surface area contributed by atoms with Gasteiger partial charge in [-0.2, -0.15) is 0 Å². The maximum Gasteiger partial charge on any atom is 0.254 e. The number of carbonyl (C=O) groups excluding carboxylic acids is 2. The summed E-state index contributed by atoms with van der Waals surface area (Å²) in [7, 11) is 0. The Hall–Kier alpha value is -1.40. The van der Waals surface area contributed by atoms with E-state index in [4.69, 9.17) is 0 Å². The van der Waals surface area contributed by atoms with Gasteiger partial charge in [-0.1, -0.05) is 22.9 Å². The smallest absolute Gasteiger partial charge is 0.254 e. The van der Waals surface area contributed by atoms with Crippen molar-refractivity contribution in [2.75, 3.05) is 19.6 Å². The van der Waals surface area contributed by atoms with E-state index >= 15 is 0 Å². The number of rotatable bonds is 3. The molecule has 0 aliphatic carbocycles. The number of halogens is 1. The summed E-state index contributed by atoms with van der Waals surface area (Å²) in [6.07, 6.45) is 2.68. The van der Waals surface area contributed by atoms with Gasteiger partial charge >= 0.3 is 0 Å². The molecule has 2 saturated heterocycles. The van der Waals surface area contributed by atoms with Crippen LogP contribution in [-0.2, 0) is 4.79 Å². The van der Waals surface area contributed by atoms with Gasteiger partial charge in [0.1, 0.15) is 6.04 Å².